The van der Waals surface area contributed by atoms with Crippen LogP contribution < -0.4 is 11.1 Å². The molecule has 0 saturated heterocycles. The first-order valence-corrected chi connectivity index (χ1v) is 7.42. The molecule has 2 rings (SSSR count). The van der Waals surface area contributed by atoms with Crippen molar-refractivity contribution in [3.8, 4) is 0 Å². The average molecular weight is 345 g/mol. The number of nitro benzene ring substituents is 1. The second kappa shape index (κ2) is 8.00. The Bertz CT molecular complexity index is 810. The summed E-state index contributed by atoms with van der Waals surface area (Å²) in [7, 11) is 0. The lowest BCUT2D eigenvalue weighted by Gasteiger charge is -2.16. The van der Waals surface area contributed by atoms with Crippen molar-refractivity contribution in [1.82, 2.24) is 5.32 Å². The van der Waals surface area contributed by atoms with Crippen LogP contribution in [0.2, 0.25) is 0 Å². The van der Waals surface area contributed by atoms with E-state index < -0.39 is 28.6 Å². The number of nitrogens with two attached hydrogens (primary N) is 1. The molecule has 0 aliphatic heterocycles. The zero-order valence-electron chi connectivity index (χ0n) is 13.1. The monoisotopic (exact) mass is 345 g/mol. The SMILES string of the molecule is NC(=O)[C@@H](Cc1ccccc1F)NC(=O)Cc1cccc([N+](=O)[O-])c1. The minimum atomic E-state index is -1.08. The van der Waals surface area contributed by atoms with Gasteiger partial charge in [0, 0.05) is 18.6 Å². The maximum Gasteiger partial charge on any atom is 0.269 e. The lowest BCUT2D eigenvalue weighted by Crippen LogP contribution is -2.46. The van der Waals surface area contributed by atoms with Crippen LogP contribution in [-0.4, -0.2) is 22.8 Å². The van der Waals surface area contributed by atoms with Crippen molar-refractivity contribution in [3.63, 3.8) is 0 Å². The van der Waals surface area contributed by atoms with E-state index in [4.69, 9.17) is 5.73 Å². The average Bonchev–Trinajstić information content (AvgIpc) is 2.56. The van der Waals surface area contributed by atoms with Crippen LogP contribution in [0.15, 0.2) is 48.5 Å². The van der Waals surface area contributed by atoms with Crippen LogP contribution in [0.25, 0.3) is 0 Å². The van der Waals surface area contributed by atoms with Gasteiger partial charge in [-0.25, -0.2) is 4.39 Å². The van der Waals surface area contributed by atoms with E-state index >= 15 is 0 Å². The van der Waals surface area contributed by atoms with E-state index in [1.807, 2.05) is 0 Å². The van der Waals surface area contributed by atoms with Gasteiger partial charge in [-0.3, -0.25) is 19.7 Å². The second-order valence-electron chi connectivity index (χ2n) is 5.42. The number of nitrogens with one attached hydrogen (secondary N) is 1. The molecule has 0 unspecified atom stereocenters. The molecule has 0 aliphatic carbocycles. The Morgan fingerprint density at radius 3 is 2.56 bits per heavy atom. The van der Waals surface area contributed by atoms with Gasteiger partial charge in [-0.05, 0) is 17.2 Å². The van der Waals surface area contributed by atoms with Gasteiger partial charge in [0.1, 0.15) is 11.9 Å². The number of rotatable bonds is 7. The number of nitro groups is 1. The van der Waals surface area contributed by atoms with Gasteiger partial charge < -0.3 is 11.1 Å². The van der Waals surface area contributed by atoms with Gasteiger partial charge in [0.05, 0.1) is 11.3 Å². The Hall–Kier alpha value is -3.29. The fraction of sp³-hybridized carbons (Fsp3) is 0.176. The summed E-state index contributed by atoms with van der Waals surface area (Å²) in [6.07, 6.45) is -0.245. The highest BCUT2D eigenvalue weighted by Crippen LogP contribution is 2.14. The van der Waals surface area contributed by atoms with Crippen molar-refractivity contribution in [2.75, 3.05) is 0 Å². The molecule has 130 valence electrons. The van der Waals surface area contributed by atoms with Crippen molar-refractivity contribution in [3.05, 3.63) is 75.6 Å². The van der Waals surface area contributed by atoms with Crippen LogP contribution in [0.1, 0.15) is 11.1 Å². The number of benzene rings is 2. The van der Waals surface area contributed by atoms with E-state index in [0.717, 1.165) is 0 Å². The first kappa shape index (κ1) is 18.1. The Balaban J connectivity index is 2.05. The minimum absolute atomic E-state index is 0.0807. The highest BCUT2D eigenvalue weighted by Gasteiger charge is 2.20. The minimum Gasteiger partial charge on any atom is -0.368 e. The summed E-state index contributed by atoms with van der Waals surface area (Å²) in [5.74, 6) is -1.84. The number of amides is 2. The van der Waals surface area contributed by atoms with E-state index in [1.54, 1.807) is 12.1 Å². The molecule has 1 atom stereocenters. The van der Waals surface area contributed by atoms with Crippen LogP contribution in [0.3, 0.4) is 0 Å². The molecule has 2 amide bonds. The standard InChI is InChI=1S/C17H16FN3O4/c18-14-7-2-1-5-12(14)10-15(17(19)23)20-16(22)9-11-4-3-6-13(8-11)21(24)25/h1-8,15H,9-10H2,(H2,19,23)(H,20,22)/t15-/m1/s1. The third kappa shape index (κ3) is 5.10. The normalized spacial score (nSPS) is 11.6. The van der Waals surface area contributed by atoms with Gasteiger partial charge in [0.2, 0.25) is 11.8 Å². The second-order valence-corrected chi connectivity index (χ2v) is 5.42. The number of hydrogen-bond acceptors (Lipinski definition) is 4. The summed E-state index contributed by atoms with van der Waals surface area (Å²) in [4.78, 5) is 33.8. The number of non-ortho nitro benzene ring substituents is 1. The maximum atomic E-state index is 13.7. The van der Waals surface area contributed by atoms with Crippen LogP contribution in [0.5, 0.6) is 0 Å². The van der Waals surface area contributed by atoms with E-state index in [-0.39, 0.29) is 24.1 Å². The van der Waals surface area contributed by atoms with E-state index in [1.165, 1.54) is 36.4 Å². The van der Waals surface area contributed by atoms with Gasteiger partial charge >= 0.3 is 0 Å². The topological polar surface area (TPSA) is 115 Å². The Labute approximate surface area is 142 Å². The quantitative estimate of drug-likeness (QED) is 0.584. The summed E-state index contributed by atoms with van der Waals surface area (Å²) in [6.45, 7) is 0. The summed E-state index contributed by atoms with van der Waals surface area (Å²) in [6, 6.07) is 10.4. The molecular formula is C17H16FN3O4. The number of hydrogen-bond donors (Lipinski definition) is 2. The smallest absolute Gasteiger partial charge is 0.269 e. The van der Waals surface area contributed by atoms with Gasteiger partial charge in [-0.2, -0.15) is 0 Å². The number of carbonyl (C=O) groups is 2. The van der Waals surface area contributed by atoms with E-state index in [0.29, 0.717) is 5.56 Å². The Morgan fingerprint density at radius 1 is 1.20 bits per heavy atom. The Morgan fingerprint density at radius 2 is 1.92 bits per heavy atom. The van der Waals surface area contributed by atoms with Gasteiger partial charge in [-0.1, -0.05) is 30.3 Å². The van der Waals surface area contributed by atoms with Crippen molar-refractivity contribution >= 4 is 17.5 Å². The molecule has 0 saturated carbocycles. The lowest BCUT2D eigenvalue weighted by molar-refractivity contribution is -0.384. The number of carbonyl (C=O) groups excluding carboxylic acids is 2. The maximum absolute atomic E-state index is 13.7. The molecule has 0 bridgehead atoms. The molecule has 3 N–H and O–H groups in total. The molecule has 0 fully saturated rings. The predicted molar refractivity (Wildman–Crippen MR) is 88.0 cm³/mol. The van der Waals surface area contributed by atoms with Crippen molar-refractivity contribution in [2.45, 2.75) is 18.9 Å². The van der Waals surface area contributed by atoms with Gasteiger partial charge in [0.15, 0.2) is 0 Å². The van der Waals surface area contributed by atoms with Gasteiger partial charge in [-0.15, -0.1) is 0 Å². The van der Waals surface area contributed by atoms with E-state index in [9.17, 15) is 24.1 Å². The number of nitrogens with zero attached hydrogens (tertiary/aromatic N) is 1. The molecule has 25 heavy (non-hydrogen) atoms. The largest absolute Gasteiger partial charge is 0.368 e. The van der Waals surface area contributed by atoms with Crippen molar-refractivity contribution < 1.29 is 18.9 Å². The lowest BCUT2D eigenvalue weighted by atomic mass is 10.0. The zero-order chi connectivity index (χ0) is 18.4. The Kier molecular flexibility index (Phi) is 5.78. The molecule has 8 heteroatoms. The first-order valence-electron chi connectivity index (χ1n) is 7.42. The van der Waals surface area contributed by atoms with Crippen molar-refractivity contribution in [2.24, 2.45) is 5.73 Å². The summed E-state index contributed by atoms with van der Waals surface area (Å²) in [5.41, 5.74) is 5.81. The molecular weight excluding hydrogens is 329 g/mol. The zero-order valence-corrected chi connectivity index (χ0v) is 13.1. The molecule has 0 heterocycles. The summed E-state index contributed by atoms with van der Waals surface area (Å²) in [5, 5.41) is 13.2. The molecule has 0 radical (unpaired) electrons. The highest BCUT2D eigenvalue weighted by molar-refractivity contribution is 5.87. The van der Waals surface area contributed by atoms with Crippen LogP contribution in [-0.2, 0) is 22.4 Å². The third-order valence-corrected chi connectivity index (χ3v) is 3.55. The molecule has 7 nitrogen and oxygen atoms in total. The van der Waals surface area contributed by atoms with Crippen LogP contribution >= 0.6 is 0 Å². The molecule has 0 spiro atoms. The predicted octanol–water partition coefficient (Wildman–Crippen LogP) is 1.49. The van der Waals surface area contributed by atoms with Crippen LogP contribution in [0, 0.1) is 15.9 Å². The molecule has 0 aromatic heterocycles. The number of halogens is 1. The van der Waals surface area contributed by atoms with Crippen molar-refractivity contribution in [1.29, 1.82) is 0 Å². The number of primary amides is 1. The summed E-state index contributed by atoms with van der Waals surface area (Å²) < 4.78 is 13.7. The molecule has 2 aromatic carbocycles. The molecule has 0 aliphatic rings. The highest BCUT2D eigenvalue weighted by atomic mass is 19.1. The summed E-state index contributed by atoms with van der Waals surface area (Å²) >= 11 is 0. The fourth-order valence-electron chi connectivity index (χ4n) is 2.32. The first-order chi connectivity index (χ1) is 11.9. The van der Waals surface area contributed by atoms with E-state index in [2.05, 4.69) is 5.32 Å². The van der Waals surface area contributed by atoms with Crippen LogP contribution in [0.4, 0.5) is 10.1 Å². The van der Waals surface area contributed by atoms with Gasteiger partial charge in [0.25, 0.3) is 5.69 Å². The fourth-order valence-corrected chi connectivity index (χ4v) is 2.32. The third-order valence-electron chi connectivity index (χ3n) is 3.55. The molecule has 2 aromatic rings.